The van der Waals surface area contributed by atoms with Crippen molar-refractivity contribution < 1.29 is 4.92 Å². The van der Waals surface area contributed by atoms with Crippen molar-refractivity contribution in [3.05, 3.63) is 46.2 Å². The number of imidazole rings is 1. The Kier molecular flexibility index (Phi) is 4.86. The van der Waals surface area contributed by atoms with Crippen molar-refractivity contribution >= 4 is 11.5 Å². The van der Waals surface area contributed by atoms with Gasteiger partial charge in [0.1, 0.15) is 17.8 Å². The topological polar surface area (TPSA) is 85.9 Å². The van der Waals surface area contributed by atoms with Gasteiger partial charge in [-0.1, -0.05) is 0 Å². The third-order valence-corrected chi connectivity index (χ3v) is 3.34. The zero-order valence-electron chi connectivity index (χ0n) is 12.2. The van der Waals surface area contributed by atoms with Crippen LogP contribution < -0.4 is 5.32 Å². The molecule has 2 rings (SSSR count). The maximum atomic E-state index is 10.7. The lowest BCUT2D eigenvalue weighted by Crippen LogP contribution is -2.06. The molecule has 0 aliphatic rings. The van der Waals surface area contributed by atoms with Crippen LogP contribution in [-0.4, -0.2) is 26.0 Å². The summed E-state index contributed by atoms with van der Waals surface area (Å²) in [6.07, 6.45) is 7.11. The summed E-state index contributed by atoms with van der Waals surface area (Å²) >= 11 is 0. The van der Waals surface area contributed by atoms with Gasteiger partial charge in [-0.05, 0) is 32.8 Å². The highest BCUT2D eigenvalue weighted by atomic mass is 16.6. The summed E-state index contributed by atoms with van der Waals surface area (Å²) in [7, 11) is 0. The fourth-order valence-corrected chi connectivity index (χ4v) is 2.10. The lowest BCUT2D eigenvalue weighted by atomic mass is 10.2. The molecule has 0 aromatic carbocycles. The molecular weight excluding hydrogens is 270 g/mol. The molecule has 7 heteroatoms. The molecule has 0 saturated carbocycles. The Hall–Kier alpha value is -2.44. The fraction of sp³-hybridized carbons (Fsp3) is 0.429. The molecule has 0 bridgehead atoms. The number of hydrogen-bond donors (Lipinski definition) is 1. The summed E-state index contributed by atoms with van der Waals surface area (Å²) < 4.78 is 2.12. The van der Waals surface area contributed by atoms with E-state index in [0.29, 0.717) is 11.4 Å². The number of aryl methyl sites for hydroxylation is 3. The molecule has 0 aliphatic carbocycles. The minimum atomic E-state index is -0.417. The van der Waals surface area contributed by atoms with Crippen LogP contribution in [0.4, 0.5) is 11.5 Å². The van der Waals surface area contributed by atoms with E-state index in [4.69, 9.17) is 0 Å². The first kappa shape index (κ1) is 15.0. The van der Waals surface area contributed by atoms with E-state index in [1.165, 1.54) is 6.20 Å². The van der Waals surface area contributed by atoms with Crippen molar-refractivity contribution in [1.82, 2.24) is 14.5 Å². The van der Waals surface area contributed by atoms with E-state index in [9.17, 15) is 10.1 Å². The van der Waals surface area contributed by atoms with Gasteiger partial charge < -0.3 is 9.88 Å². The number of hydrogen-bond acceptors (Lipinski definition) is 5. The molecular formula is C14H19N5O2. The number of nitro groups is 1. The maximum Gasteiger partial charge on any atom is 0.290 e. The number of unbranched alkanes of at least 4 members (excludes halogenated alkanes) is 1. The predicted molar refractivity (Wildman–Crippen MR) is 80.3 cm³/mol. The van der Waals surface area contributed by atoms with Crippen molar-refractivity contribution in [3.63, 3.8) is 0 Å². The van der Waals surface area contributed by atoms with E-state index in [0.717, 1.165) is 31.8 Å². The van der Waals surface area contributed by atoms with Gasteiger partial charge in [-0.2, -0.15) is 0 Å². The second-order valence-electron chi connectivity index (χ2n) is 4.91. The summed E-state index contributed by atoms with van der Waals surface area (Å²) in [5.41, 5.74) is 0.669. The van der Waals surface area contributed by atoms with Crippen molar-refractivity contribution in [3.8, 4) is 0 Å². The molecule has 0 unspecified atom stereocenters. The van der Waals surface area contributed by atoms with E-state index < -0.39 is 4.92 Å². The maximum absolute atomic E-state index is 10.7. The number of rotatable bonds is 7. The smallest absolute Gasteiger partial charge is 0.290 e. The highest BCUT2D eigenvalue weighted by Gasteiger charge is 2.10. The molecule has 2 aromatic heterocycles. The second-order valence-corrected chi connectivity index (χ2v) is 4.91. The average molecular weight is 289 g/mol. The number of pyridine rings is 1. The molecule has 21 heavy (non-hydrogen) atoms. The predicted octanol–water partition coefficient (Wildman–Crippen LogP) is 2.70. The first-order chi connectivity index (χ1) is 10.1. The lowest BCUT2D eigenvalue weighted by molar-refractivity contribution is -0.385. The van der Waals surface area contributed by atoms with Gasteiger partial charge in [0.05, 0.1) is 4.92 Å². The van der Waals surface area contributed by atoms with Gasteiger partial charge in [0, 0.05) is 31.0 Å². The van der Waals surface area contributed by atoms with E-state index in [-0.39, 0.29) is 5.69 Å². The number of aromatic nitrogens is 3. The Bertz CT molecular complexity index is 624. The monoisotopic (exact) mass is 289 g/mol. The SMILES string of the molecule is Cc1cc(NCCCCn2ccnc2C)ncc1[N+](=O)[O-]. The lowest BCUT2D eigenvalue weighted by Gasteiger charge is -2.07. The first-order valence-corrected chi connectivity index (χ1v) is 6.90. The van der Waals surface area contributed by atoms with Crippen LogP contribution in [-0.2, 0) is 6.54 Å². The summed E-state index contributed by atoms with van der Waals surface area (Å²) in [6, 6.07) is 1.71. The first-order valence-electron chi connectivity index (χ1n) is 6.90. The van der Waals surface area contributed by atoms with Crippen LogP contribution >= 0.6 is 0 Å². The molecule has 0 spiro atoms. The van der Waals surface area contributed by atoms with Gasteiger partial charge in [-0.25, -0.2) is 9.97 Å². The van der Waals surface area contributed by atoms with Crippen molar-refractivity contribution in [2.24, 2.45) is 0 Å². The summed E-state index contributed by atoms with van der Waals surface area (Å²) in [4.78, 5) is 18.5. The zero-order chi connectivity index (χ0) is 15.2. The third kappa shape index (κ3) is 4.01. The van der Waals surface area contributed by atoms with Crippen LogP contribution in [0.3, 0.4) is 0 Å². The van der Waals surface area contributed by atoms with Crippen LogP contribution in [0, 0.1) is 24.0 Å². The molecule has 0 fully saturated rings. The molecule has 0 atom stereocenters. The Morgan fingerprint density at radius 1 is 1.33 bits per heavy atom. The summed E-state index contributed by atoms with van der Waals surface area (Å²) in [5.74, 6) is 1.70. The van der Waals surface area contributed by atoms with Gasteiger partial charge in [-0.15, -0.1) is 0 Å². The standard InChI is InChI=1S/C14H19N5O2/c1-11-9-14(17-10-13(11)19(20)21)16-5-3-4-7-18-8-6-15-12(18)2/h6,8-10H,3-5,7H2,1-2H3,(H,16,17). The highest BCUT2D eigenvalue weighted by molar-refractivity contribution is 5.46. The normalized spacial score (nSPS) is 10.6. The molecule has 1 N–H and O–H groups in total. The molecule has 0 radical (unpaired) electrons. The quantitative estimate of drug-likeness (QED) is 0.481. The van der Waals surface area contributed by atoms with Crippen molar-refractivity contribution in [2.75, 3.05) is 11.9 Å². The van der Waals surface area contributed by atoms with E-state index in [1.807, 2.05) is 13.1 Å². The minimum absolute atomic E-state index is 0.0520. The Labute approximate surface area is 123 Å². The number of nitrogens with zero attached hydrogens (tertiary/aromatic N) is 4. The summed E-state index contributed by atoms with van der Waals surface area (Å²) in [5, 5.41) is 13.9. The molecule has 2 heterocycles. The van der Waals surface area contributed by atoms with E-state index >= 15 is 0 Å². The number of nitrogens with one attached hydrogen (secondary N) is 1. The van der Waals surface area contributed by atoms with Gasteiger partial charge in [-0.3, -0.25) is 10.1 Å². The van der Waals surface area contributed by atoms with Crippen LogP contribution in [0.15, 0.2) is 24.7 Å². The minimum Gasteiger partial charge on any atom is -0.370 e. The second kappa shape index (κ2) is 6.83. The van der Waals surface area contributed by atoms with Crippen LogP contribution in [0.2, 0.25) is 0 Å². The average Bonchev–Trinajstić information content (AvgIpc) is 2.83. The van der Waals surface area contributed by atoms with Gasteiger partial charge in [0.2, 0.25) is 0 Å². The number of anilines is 1. The highest BCUT2D eigenvalue weighted by Crippen LogP contribution is 2.18. The van der Waals surface area contributed by atoms with E-state index in [2.05, 4.69) is 19.9 Å². The van der Waals surface area contributed by atoms with Crippen LogP contribution in [0.5, 0.6) is 0 Å². The molecule has 7 nitrogen and oxygen atoms in total. The molecule has 2 aromatic rings. The Morgan fingerprint density at radius 2 is 2.14 bits per heavy atom. The van der Waals surface area contributed by atoms with Crippen LogP contribution in [0.25, 0.3) is 0 Å². The Morgan fingerprint density at radius 3 is 2.76 bits per heavy atom. The van der Waals surface area contributed by atoms with Gasteiger partial charge >= 0.3 is 0 Å². The van der Waals surface area contributed by atoms with E-state index in [1.54, 1.807) is 19.2 Å². The molecule has 0 saturated heterocycles. The van der Waals surface area contributed by atoms with Crippen molar-refractivity contribution in [1.29, 1.82) is 0 Å². The van der Waals surface area contributed by atoms with Crippen LogP contribution in [0.1, 0.15) is 24.2 Å². The Balaban J connectivity index is 1.75. The largest absolute Gasteiger partial charge is 0.370 e. The summed E-state index contributed by atoms with van der Waals surface area (Å²) in [6.45, 7) is 5.44. The molecule has 112 valence electrons. The van der Waals surface area contributed by atoms with Gasteiger partial charge in [0.25, 0.3) is 5.69 Å². The fourth-order valence-electron chi connectivity index (χ4n) is 2.10. The third-order valence-electron chi connectivity index (χ3n) is 3.34. The van der Waals surface area contributed by atoms with Crippen molar-refractivity contribution in [2.45, 2.75) is 33.2 Å². The zero-order valence-corrected chi connectivity index (χ0v) is 12.2. The van der Waals surface area contributed by atoms with Gasteiger partial charge in [0.15, 0.2) is 0 Å². The molecule has 0 amide bonds. The molecule has 0 aliphatic heterocycles.